The third kappa shape index (κ3) is 4.16. The van der Waals surface area contributed by atoms with Gasteiger partial charge in [-0.05, 0) is 25.9 Å². The number of nitrogens with zero attached hydrogens (tertiary/aromatic N) is 3. The third-order valence-electron chi connectivity index (χ3n) is 4.24. The maximum Gasteiger partial charge on any atom is 0.416 e. The van der Waals surface area contributed by atoms with Crippen molar-refractivity contribution in [1.29, 1.82) is 0 Å². The lowest BCUT2D eigenvalue weighted by atomic mass is 10.1. The minimum absolute atomic E-state index is 0.0199. The molecule has 138 valence electrons. The molecular formula is C14H17F3N4O4. The van der Waals surface area contributed by atoms with Crippen molar-refractivity contribution in [2.45, 2.75) is 32.0 Å². The molecule has 0 bridgehead atoms. The first-order valence-electron chi connectivity index (χ1n) is 7.67. The van der Waals surface area contributed by atoms with Crippen LogP contribution in [0, 0.1) is 20.2 Å². The van der Waals surface area contributed by atoms with E-state index >= 15 is 0 Å². The zero-order chi connectivity index (χ0) is 18.8. The van der Waals surface area contributed by atoms with Crippen LogP contribution in [0.4, 0.5) is 30.2 Å². The molecule has 1 aromatic rings. The van der Waals surface area contributed by atoms with Crippen LogP contribution in [-0.2, 0) is 6.18 Å². The second kappa shape index (κ2) is 7.21. The van der Waals surface area contributed by atoms with Crippen LogP contribution >= 0.6 is 0 Å². The van der Waals surface area contributed by atoms with Crippen molar-refractivity contribution >= 4 is 17.1 Å². The van der Waals surface area contributed by atoms with Crippen LogP contribution < -0.4 is 5.32 Å². The van der Waals surface area contributed by atoms with Gasteiger partial charge in [0.25, 0.3) is 11.4 Å². The Bertz CT molecular complexity index is 646. The largest absolute Gasteiger partial charge is 0.416 e. The molecule has 1 saturated heterocycles. The Morgan fingerprint density at radius 1 is 1.24 bits per heavy atom. The second-order valence-corrected chi connectivity index (χ2v) is 5.71. The minimum atomic E-state index is -4.92. The molecule has 1 atom stereocenters. The Balaban J connectivity index is 2.40. The van der Waals surface area contributed by atoms with E-state index in [1.807, 2.05) is 6.92 Å². The van der Waals surface area contributed by atoms with E-state index in [4.69, 9.17) is 0 Å². The highest BCUT2D eigenvalue weighted by atomic mass is 19.4. The number of likely N-dealkylation sites (tertiary alicyclic amines) is 1. The summed E-state index contributed by atoms with van der Waals surface area (Å²) in [6.45, 7) is 3.73. The summed E-state index contributed by atoms with van der Waals surface area (Å²) in [7, 11) is 0. The maximum atomic E-state index is 12.9. The van der Waals surface area contributed by atoms with Gasteiger partial charge in [0, 0.05) is 24.7 Å². The van der Waals surface area contributed by atoms with Crippen molar-refractivity contribution in [3.05, 3.63) is 37.9 Å². The van der Waals surface area contributed by atoms with Gasteiger partial charge in [-0.25, -0.2) is 0 Å². The number of likely N-dealkylation sites (N-methyl/N-ethyl adjacent to an activating group) is 1. The minimum Gasteiger partial charge on any atom is -0.372 e. The van der Waals surface area contributed by atoms with Crippen LogP contribution in [0.2, 0.25) is 0 Å². The summed E-state index contributed by atoms with van der Waals surface area (Å²) < 4.78 is 38.6. The molecule has 1 unspecified atom stereocenters. The molecule has 0 radical (unpaired) electrons. The number of alkyl halides is 3. The Hall–Kier alpha value is -2.43. The molecule has 0 aromatic heterocycles. The van der Waals surface area contributed by atoms with E-state index in [2.05, 4.69) is 10.2 Å². The quantitative estimate of drug-likeness (QED) is 0.615. The molecule has 2 rings (SSSR count). The number of nitrogens with one attached hydrogen (secondary N) is 1. The predicted octanol–water partition coefficient (Wildman–Crippen LogP) is 3.42. The molecule has 1 fully saturated rings. The zero-order valence-corrected chi connectivity index (χ0v) is 13.4. The van der Waals surface area contributed by atoms with E-state index in [9.17, 15) is 33.4 Å². The topological polar surface area (TPSA) is 102 Å². The summed E-state index contributed by atoms with van der Waals surface area (Å²) in [5, 5.41) is 25.0. The number of halogens is 3. The average molecular weight is 362 g/mol. The number of rotatable bonds is 6. The molecule has 8 nitrogen and oxygen atoms in total. The lowest BCUT2D eigenvalue weighted by Crippen LogP contribution is -2.34. The van der Waals surface area contributed by atoms with E-state index in [1.54, 1.807) is 0 Å². The van der Waals surface area contributed by atoms with Gasteiger partial charge in [0.2, 0.25) is 0 Å². The van der Waals surface area contributed by atoms with Crippen LogP contribution in [0.5, 0.6) is 0 Å². The van der Waals surface area contributed by atoms with Gasteiger partial charge >= 0.3 is 6.18 Å². The third-order valence-corrected chi connectivity index (χ3v) is 4.24. The Labute approximate surface area is 140 Å². The van der Waals surface area contributed by atoms with Crippen LogP contribution in [0.15, 0.2) is 12.1 Å². The zero-order valence-electron chi connectivity index (χ0n) is 13.4. The highest BCUT2D eigenvalue weighted by Gasteiger charge is 2.38. The summed E-state index contributed by atoms with van der Waals surface area (Å²) in [5.41, 5.74) is -3.83. The first kappa shape index (κ1) is 18.9. The highest BCUT2D eigenvalue weighted by molar-refractivity contribution is 5.75. The standard InChI is InChI=1S/C14H17F3N4O4/c1-2-19-5-3-4-10(19)8-18-13-11(20(22)23)6-9(14(15,16)17)7-12(13)21(24)25/h6-7,10,18H,2-5,8H2,1H3. The maximum absolute atomic E-state index is 12.9. The van der Waals surface area contributed by atoms with Gasteiger partial charge < -0.3 is 5.32 Å². The van der Waals surface area contributed by atoms with Gasteiger partial charge in [-0.3, -0.25) is 25.1 Å². The van der Waals surface area contributed by atoms with E-state index in [-0.39, 0.29) is 12.6 Å². The van der Waals surface area contributed by atoms with E-state index in [0.29, 0.717) is 12.1 Å². The van der Waals surface area contributed by atoms with Crippen molar-refractivity contribution in [2.24, 2.45) is 0 Å². The first-order chi connectivity index (χ1) is 11.6. The molecule has 0 saturated carbocycles. The van der Waals surface area contributed by atoms with Gasteiger partial charge in [0.05, 0.1) is 15.4 Å². The van der Waals surface area contributed by atoms with Gasteiger partial charge in [-0.15, -0.1) is 0 Å². The Morgan fingerprint density at radius 2 is 1.80 bits per heavy atom. The summed E-state index contributed by atoms with van der Waals surface area (Å²) in [6, 6.07) is 0.662. The number of hydrogen-bond acceptors (Lipinski definition) is 6. The summed E-state index contributed by atoms with van der Waals surface area (Å²) in [6.07, 6.45) is -3.18. The van der Waals surface area contributed by atoms with E-state index < -0.39 is 38.6 Å². The van der Waals surface area contributed by atoms with Crippen LogP contribution in [0.1, 0.15) is 25.3 Å². The summed E-state index contributed by atoms with van der Waals surface area (Å²) in [5.74, 6) is 0. The first-order valence-corrected chi connectivity index (χ1v) is 7.67. The van der Waals surface area contributed by atoms with E-state index in [1.165, 1.54) is 0 Å². The average Bonchev–Trinajstić information content (AvgIpc) is 2.98. The number of nitro groups is 2. The molecule has 25 heavy (non-hydrogen) atoms. The normalized spacial score (nSPS) is 18.3. The van der Waals surface area contributed by atoms with E-state index in [0.717, 1.165) is 25.9 Å². The predicted molar refractivity (Wildman–Crippen MR) is 83.5 cm³/mol. The molecule has 0 spiro atoms. The molecular weight excluding hydrogens is 345 g/mol. The van der Waals surface area contributed by atoms with Gasteiger partial charge in [-0.2, -0.15) is 13.2 Å². The fraction of sp³-hybridized carbons (Fsp3) is 0.571. The highest BCUT2D eigenvalue weighted by Crippen LogP contribution is 2.41. The monoisotopic (exact) mass is 362 g/mol. The molecule has 1 N–H and O–H groups in total. The van der Waals surface area contributed by atoms with Gasteiger partial charge in [0.15, 0.2) is 5.69 Å². The molecule has 0 amide bonds. The van der Waals surface area contributed by atoms with Crippen molar-refractivity contribution in [3.63, 3.8) is 0 Å². The fourth-order valence-corrected chi connectivity index (χ4v) is 3.01. The second-order valence-electron chi connectivity index (χ2n) is 5.71. The number of anilines is 1. The Kier molecular flexibility index (Phi) is 5.45. The van der Waals surface area contributed by atoms with Crippen molar-refractivity contribution in [3.8, 4) is 0 Å². The number of benzene rings is 1. The van der Waals surface area contributed by atoms with Gasteiger partial charge in [0.1, 0.15) is 0 Å². The van der Waals surface area contributed by atoms with Crippen LogP contribution in [0.3, 0.4) is 0 Å². The molecule has 1 heterocycles. The van der Waals surface area contributed by atoms with Crippen molar-refractivity contribution in [2.75, 3.05) is 25.0 Å². The molecule has 11 heteroatoms. The van der Waals surface area contributed by atoms with Gasteiger partial charge in [-0.1, -0.05) is 6.92 Å². The lowest BCUT2D eigenvalue weighted by molar-refractivity contribution is -0.392. The number of hydrogen-bond donors (Lipinski definition) is 1. The molecule has 1 aliphatic rings. The summed E-state index contributed by atoms with van der Waals surface area (Å²) >= 11 is 0. The number of nitro benzene ring substituents is 2. The molecule has 1 aliphatic heterocycles. The molecule has 1 aromatic carbocycles. The lowest BCUT2D eigenvalue weighted by Gasteiger charge is -2.23. The summed E-state index contributed by atoms with van der Waals surface area (Å²) in [4.78, 5) is 22.3. The smallest absolute Gasteiger partial charge is 0.372 e. The Morgan fingerprint density at radius 3 is 2.24 bits per heavy atom. The van der Waals surface area contributed by atoms with Crippen LogP contribution in [0.25, 0.3) is 0 Å². The fourth-order valence-electron chi connectivity index (χ4n) is 3.01. The van der Waals surface area contributed by atoms with Crippen molar-refractivity contribution < 1.29 is 23.0 Å². The van der Waals surface area contributed by atoms with Crippen molar-refractivity contribution in [1.82, 2.24) is 4.90 Å². The molecule has 0 aliphatic carbocycles. The van der Waals surface area contributed by atoms with Crippen LogP contribution in [-0.4, -0.2) is 40.4 Å². The SMILES string of the molecule is CCN1CCCC1CNc1c([N+](=O)[O-])cc(C(F)(F)F)cc1[N+](=O)[O-].